The number of hydrogen-bond acceptors (Lipinski definition) is 6. The highest BCUT2D eigenvalue weighted by Gasteiger charge is 2.20. The number of carbonyl (C=O) groups excluding carboxylic acids is 1. The van der Waals surface area contributed by atoms with Gasteiger partial charge in [0.2, 0.25) is 11.7 Å². The van der Waals surface area contributed by atoms with E-state index in [0.29, 0.717) is 22.4 Å². The number of rotatable bonds is 5. The van der Waals surface area contributed by atoms with Gasteiger partial charge in [0.15, 0.2) is 0 Å². The molecule has 32 heavy (non-hydrogen) atoms. The van der Waals surface area contributed by atoms with E-state index < -0.39 is 5.69 Å². The summed E-state index contributed by atoms with van der Waals surface area (Å²) in [6.07, 6.45) is 0. The number of aryl methyl sites for hydroxylation is 2. The summed E-state index contributed by atoms with van der Waals surface area (Å²) in [5.41, 5.74) is 2.69. The van der Waals surface area contributed by atoms with Gasteiger partial charge in [0.25, 0.3) is 5.56 Å². The highest BCUT2D eigenvalue weighted by molar-refractivity contribution is 7.17. The Balaban J connectivity index is 1.56. The molecule has 1 aromatic carbocycles. The van der Waals surface area contributed by atoms with Gasteiger partial charge in [0.05, 0.1) is 12.1 Å². The molecule has 4 aromatic heterocycles. The monoisotopic (exact) mass is 465 g/mol. The Hall–Kier alpha value is -3.50. The molecule has 0 saturated heterocycles. The molecule has 8 nitrogen and oxygen atoms in total. The molecule has 0 aliphatic carbocycles. The van der Waals surface area contributed by atoms with E-state index >= 15 is 0 Å². The van der Waals surface area contributed by atoms with Gasteiger partial charge in [0.1, 0.15) is 11.2 Å². The van der Waals surface area contributed by atoms with Crippen molar-refractivity contribution < 1.29 is 4.79 Å². The van der Waals surface area contributed by atoms with Gasteiger partial charge in [0, 0.05) is 10.6 Å². The second-order valence-electron chi connectivity index (χ2n) is 7.53. The lowest BCUT2D eigenvalue weighted by Gasteiger charge is -2.07. The van der Waals surface area contributed by atoms with Crippen LogP contribution in [0.2, 0.25) is 0 Å². The molecular formula is C22H19N5O3S2. The molecule has 0 spiro atoms. The molecule has 4 heterocycles. The Bertz CT molecular complexity index is 1590. The summed E-state index contributed by atoms with van der Waals surface area (Å²) in [5, 5.41) is 10.9. The number of fused-ring (bicyclic) bond motifs is 3. The van der Waals surface area contributed by atoms with Crippen LogP contribution in [0.25, 0.3) is 16.0 Å². The average Bonchev–Trinajstić information content (AvgIpc) is 3.49. The maximum atomic E-state index is 13.2. The predicted molar refractivity (Wildman–Crippen MR) is 127 cm³/mol. The molecule has 162 valence electrons. The van der Waals surface area contributed by atoms with Crippen molar-refractivity contribution in [3.8, 4) is 0 Å². The number of thiophene rings is 2. The number of benzene rings is 1. The number of amides is 1. The fourth-order valence-electron chi connectivity index (χ4n) is 3.59. The van der Waals surface area contributed by atoms with Crippen LogP contribution >= 0.6 is 22.7 Å². The number of anilines is 1. The molecule has 0 bridgehead atoms. The summed E-state index contributed by atoms with van der Waals surface area (Å²) in [6, 6.07) is 11.2. The zero-order valence-electron chi connectivity index (χ0n) is 17.4. The van der Waals surface area contributed by atoms with Crippen LogP contribution in [0.15, 0.2) is 56.7 Å². The molecule has 5 aromatic rings. The summed E-state index contributed by atoms with van der Waals surface area (Å²) < 4.78 is 4.48. The van der Waals surface area contributed by atoms with E-state index in [-0.39, 0.29) is 23.8 Å². The Kier molecular flexibility index (Phi) is 5.03. The summed E-state index contributed by atoms with van der Waals surface area (Å²) in [7, 11) is 0. The summed E-state index contributed by atoms with van der Waals surface area (Å²) >= 11 is 2.81. The van der Waals surface area contributed by atoms with Gasteiger partial charge in [-0.3, -0.25) is 14.2 Å². The number of nitrogens with zero attached hydrogens (tertiary/aromatic N) is 4. The molecule has 0 saturated carbocycles. The zero-order chi connectivity index (χ0) is 22.4. The SMILES string of the molecule is Cc1ccc(NC(=O)Cn2nc3n(Cc4cccs4)c(=O)c4sccc4n3c2=O)cc1C. The van der Waals surface area contributed by atoms with Gasteiger partial charge in [-0.2, -0.15) is 0 Å². The van der Waals surface area contributed by atoms with Crippen molar-refractivity contribution in [2.45, 2.75) is 26.9 Å². The van der Waals surface area contributed by atoms with Crippen LogP contribution in [0, 0.1) is 13.8 Å². The van der Waals surface area contributed by atoms with E-state index in [0.717, 1.165) is 20.7 Å². The van der Waals surface area contributed by atoms with Gasteiger partial charge in [-0.25, -0.2) is 13.9 Å². The van der Waals surface area contributed by atoms with Gasteiger partial charge < -0.3 is 5.32 Å². The van der Waals surface area contributed by atoms with Crippen molar-refractivity contribution in [1.29, 1.82) is 0 Å². The lowest BCUT2D eigenvalue weighted by Crippen LogP contribution is -2.29. The Morgan fingerprint density at radius 1 is 1.06 bits per heavy atom. The quantitative estimate of drug-likeness (QED) is 0.432. The van der Waals surface area contributed by atoms with Crippen LogP contribution in [0.4, 0.5) is 5.69 Å². The molecule has 1 N–H and O–H groups in total. The Morgan fingerprint density at radius 2 is 1.91 bits per heavy atom. The Labute approximate surface area is 190 Å². The molecule has 5 rings (SSSR count). The first-order valence-corrected chi connectivity index (χ1v) is 11.7. The van der Waals surface area contributed by atoms with E-state index in [1.807, 2.05) is 49.6 Å². The van der Waals surface area contributed by atoms with Gasteiger partial charge >= 0.3 is 5.69 Å². The third-order valence-corrected chi connectivity index (χ3v) is 7.12. The molecule has 10 heteroatoms. The smallest absolute Gasteiger partial charge is 0.324 e. The largest absolute Gasteiger partial charge is 0.352 e. The van der Waals surface area contributed by atoms with Crippen molar-refractivity contribution in [2.75, 3.05) is 5.32 Å². The fourth-order valence-corrected chi connectivity index (χ4v) is 5.11. The molecule has 1 amide bonds. The van der Waals surface area contributed by atoms with Crippen LogP contribution in [-0.4, -0.2) is 24.7 Å². The minimum absolute atomic E-state index is 0.201. The highest BCUT2D eigenvalue weighted by atomic mass is 32.1. The first kappa shape index (κ1) is 20.4. The minimum atomic E-state index is -0.460. The number of nitrogens with one attached hydrogen (secondary N) is 1. The first-order chi connectivity index (χ1) is 15.4. The van der Waals surface area contributed by atoms with Gasteiger partial charge in [-0.05, 0) is 60.0 Å². The maximum absolute atomic E-state index is 13.2. The van der Waals surface area contributed by atoms with E-state index in [1.54, 1.807) is 11.4 Å². The van der Waals surface area contributed by atoms with Gasteiger partial charge in [-0.1, -0.05) is 12.1 Å². The van der Waals surface area contributed by atoms with E-state index in [1.165, 1.54) is 31.6 Å². The van der Waals surface area contributed by atoms with E-state index in [9.17, 15) is 14.4 Å². The lowest BCUT2D eigenvalue weighted by atomic mass is 10.1. The van der Waals surface area contributed by atoms with Gasteiger partial charge in [-0.15, -0.1) is 27.8 Å². The van der Waals surface area contributed by atoms with Crippen molar-refractivity contribution in [2.24, 2.45) is 0 Å². The van der Waals surface area contributed by atoms with E-state index in [2.05, 4.69) is 10.4 Å². The summed E-state index contributed by atoms with van der Waals surface area (Å²) in [5.74, 6) is -0.147. The molecule has 0 unspecified atom stereocenters. The molecule has 0 atom stereocenters. The van der Waals surface area contributed by atoms with Crippen molar-refractivity contribution in [3.05, 3.63) is 84.0 Å². The number of carbonyl (C=O) groups is 1. The second-order valence-corrected chi connectivity index (χ2v) is 9.48. The minimum Gasteiger partial charge on any atom is -0.324 e. The van der Waals surface area contributed by atoms with Crippen LogP contribution in [0.5, 0.6) is 0 Å². The second kappa shape index (κ2) is 7.88. The van der Waals surface area contributed by atoms with Crippen molar-refractivity contribution in [1.82, 2.24) is 18.7 Å². The molecule has 0 radical (unpaired) electrons. The van der Waals surface area contributed by atoms with Crippen LogP contribution < -0.4 is 16.6 Å². The molecule has 0 aliphatic heterocycles. The van der Waals surface area contributed by atoms with E-state index in [4.69, 9.17) is 0 Å². The summed E-state index contributed by atoms with van der Waals surface area (Å²) in [6.45, 7) is 4.01. The van der Waals surface area contributed by atoms with Crippen molar-refractivity contribution >= 4 is 50.3 Å². The lowest BCUT2D eigenvalue weighted by molar-refractivity contribution is -0.117. The van der Waals surface area contributed by atoms with Crippen LogP contribution in [-0.2, 0) is 17.9 Å². The third-order valence-electron chi connectivity index (χ3n) is 5.37. The Morgan fingerprint density at radius 3 is 2.66 bits per heavy atom. The molecular weight excluding hydrogens is 446 g/mol. The van der Waals surface area contributed by atoms with Crippen LogP contribution in [0.3, 0.4) is 0 Å². The summed E-state index contributed by atoms with van der Waals surface area (Å²) in [4.78, 5) is 39.9. The zero-order valence-corrected chi connectivity index (χ0v) is 19.0. The fraction of sp³-hybridized carbons (Fsp3) is 0.182. The molecule has 0 fully saturated rings. The standard InChI is InChI=1S/C22H19N5O3S2/c1-13-5-6-15(10-14(13)2)23-18(28)12-26-22(30)27-17-7-9-32-19(17)20(29)25(21(27)24-26)11-16-4-3-8-31-16/h3-10H,11-12H2,1-2H3,(H,23,28). The topological polar surface area (TPSA) is 90.4 Å². The number of aromatic nitrogens is 4. The third kappa shape index (κ3) is 3.47. The highest BCUT2D eigenvalue weighted by Crippen LogP contribution is 2.19. The average molecular weight is 466 g/mol. The number of hydrogen-bond donors (Lipinski definition) is 1. The maximum Gasteiger partial charge on any atom is 0.352 e. The normalized spacial score (nSPS) is 11.4. The van der Waals surface area contributed by atoms with Crippen molar-refractivity contribution in [3.63, 3.8) is 0 Å². The predicted octanol–water partition coefficient (Wildman–Crippen LogP) is 3.24. The first-order valence-electron chi connectivity index (χ1n) is 9.91. The molecule has 0 aliphatic rings. The van der Waals surface area contributed by atoms with Crippen LogP contribution in [0.1, 0.15) is 16.0 Å².